The summed E-state index contributed by atoms with van der Waals surface area (Å²) in [6.45, 7) is 1.39. The van der Waals surface area contributed by atoms with E-state index < -0.39 is 17.4 Å². The Kier molecular flexibility index (Phi) is 2.61. The van der Waals surface area contributed by atoms with Crippen LogP contribution < -0.4 is 5.32 Å². The van der Waals surface area contributed by atoms with Crippen LogP contribution in [0, 0.1) is 11.8 Å². The molecule has 7 heteroatoms. The number of benzene rings is 1. The van der Waals surface area contributed by atoms with Crippen molar-refractivity contribution in [2.24, 2.45) is 11.8 Å². The SMILES string of the molecule is CN1C(=O)[C@H]2[C@@H]3COCCN3[C@@]3(C(=O)Nc4ccccc43)[C@H]2C1=O. The van der Waals surface area contributed by atoms with Crippen molar-refractivity contribution >= 4 is 23.4 Å². The molecule has 1 aromatic rings. The van der Waals surface area contributed by atoms with Crippen molar-refractivity contribution in [3.63, 3.8) is 0 Å². The lowest BCUT2D eigenvalue weighted by Gasteiger charge is -2.41. The predicted octanol–water partition coefficient (Wildman–Crippen LogP) is -0.221. The van der Waals surface area contributed by atoms with Gasteiger partial charge in [0.15, 0.2) is 0 Å². The number of para-hydroxylation sites is 1. The molecule has 1 aromatic carbocycles. The van der Waals surface area contributed by atoms with Gasteiger partial charge in [-0.3, -0.25) is 24.2 Å². The van der Waals surface area contributed by atoms with Gasteiger partial charge >= 0.3 is 0 Å². The second-order valence-electron chi connectivity index (χ2n) is 6.84. The molecule has 3 saturated heterocycles. The quantitative estimate of drug-likeness (QED) is 0.667. The predicted molar refractivity (Wildman–Crippen MR) is 82.8 cm³/mol. The Balaban J connectivity index is 1.79. The van der Waals surface area contributed by atoms with Crippen molar-refractivity contribution in [2.75, 3.05) is 32.1 Å². The number of imide groups is 1. The summed E-state index contributed by atoms with van der Waals surface area (Å²) in [4.78, 5) is 42.0. The number of hydrogen-bond donors (Lipinski definition) is 1. The maximum atomic E-state index is 13.1. The first-order valence-corrected chi connectivity index (χ1v) is 8.15. The molecule has 0 aromatic heterocycles. The number of carbonyl (C=O) groups excluding carboxylic acids is 3. The van der Waals surface area contributed by atoms with E-state index in [0.717, 1.165) is 11.3 Å². The van der Waals surface area contributed by atoms with Crippen LogP contribution in [0.15, 0.2) is 24.3 Å². The second-order valence-corrected chi connectivity index (χ2v) is 6.84. The molecule has 0 saturated carbocycles. The van der Waals surface area contributed by atoms with Crippen LogP contribution in [0.25, 0.3) is 0 Å². The molecule has 124 valence electrons. The van der Waals surface area contributed by atoms with E-state index in [1.807, 2.05) is 29.2 Å². The van der Waals surface area contributed by atoms with E-state index in [1.54, 1.807) is 0 Å². The molecule has 5 rings (SSSR count). The Bertz CT molecular complexity index is 794. The van der Waals surface area contributed by atoms with Gasteiger partial charge in [-0.15, -0.1) is 0 Å². The van der Waals surface area contributed by atoms with Crippen LogP contribution in [0.3, 0.4) is 0 Å². The normalized spacial score (nSPS) is 37.6. The molecule has 0 aliphatic carbocycles. The van der Waals surface area contributed by atoms with Gasteiger partial charge in [-0.25, -0.2) is 0 Å². The van der Waals surface area contributed by atoms with Crippen LogP contribution >= 0.6 is 0 Å². The number of amides is 3. The lowest BCUT2D eigenvalue weighted by atomic mass is 9.76. The molecule has 1 N–H and O–H groups in total. The summed E-state index contributed by atoms with van der Waals surface area (Å²) in [7, 11) is 1.50. The zero-order chi connectivity index (χ0) is 16.6. The average molecular weight is 327 g/mol. The largest absolute Gasteiger partial charge is 0.378 e. The summed E-state index contributed by atoms with van der Waals surface area (Å²) < 4.78 is 5.58. The third kappa shape index (κ3) is 1.35. The topological polar surface area (TPSA) is 79.0 Å². The molecule has 3 fully saturated rings. The fourth-order valence-corrected chi connectivity index (χ4v) is 5.06. The summed E-state index contributed by atoms with van der Waals surface area (Å²) in [5, 5.41) is 2.92. The second kappa shape index (κ2) is 4.43. The van der Waals surface area contributed by atoms with Gasteiger partial charge in [-0.05, 0) is 6.07 Å². The fraction of sp³-hybridized carbons (Fsp3) is 0.471. The number of likely N-dealkylation sites (tertiary alicyclic amines) is 1. The van der Waals surface area contributed by atoms with E-state index in [0.29, 0.717) is 19.8 Å². The molecule has 4 aliphatic heterocycles. The Morgan fingerprint density at radius 2 is 2.00 bits per heavy atom. The number of fused-ring (bicyclic) bond motifs is 7. The van der Waals surface area contributed by atoms with Gasteiger partial charge in [0.2, 0.25) is 17.7 Å². The number of rotatable bonds is 0. The lowest BCUT2D eigenvalue weighted by molar-refractivity contribution is -0.148. The lowest BCUT2D eigenvalue weighted by Crippen LogP contribution is -2.58. The Hall–Kier alpha value is -2.25. The molecular weight excluding hydrogens is 310 g/mol. The van der Waals surface area contributed by atoms with Gasteiger partial charge in [0.1, 0.15) is 5.54 Å². The summed E-state index contributed by atoms with van der Waals surface area (Å²) in [5.74, 6) is -1.91. The number of morpholine rings is 1. The first-order valence-electron chi connectivity index (χ1n) is 8.15. The van der Waals surface area contributed by atoms with Gasteiger partial charge in [0.25, 0.3) is 0 Å². The van der Waals surface area contributed by atoms with Crippen LogP contribution in [0.5, 0.6) is 0 Å². The number of nitrogens with one attached hydrogen (secondary N) is 1. The Morgan fingerprint density at radius 3 is 2.83 bits per heavy atom. The number of ether oxygens (including phenoxy) is 1. The van der Waals surface area contributed by atoms with Gasteiger partial charge in [0, 0.05) is 30.9 Å². The molecular formula is C17H17N3O4. The van der Waals surface area contributed by atoms with E-state index >= 15 is 0 Å². The van der Waals surface area contributed by atoms with E-state index in [1.165, 1.54) is 11.9 Å². The minimum Gasteiger partial charge on any atom is -0.378 e. The first kappa shape index (κ1) is 14.1. The van der Waals surface area contributed by atoms with Crippen LogP contribution in [-0.4, -0.2) is 60.4 Å². The summed E-state index contributed by atoms with van der Waals surface area (Å²) in [6, 6.07) is 7.21. The molecule has 7 nitrogen and oxygen atoms in total. The zero-order valence-electron chi connectivity index (χ0n) is 13.2. The zero-order valence-corrected chi connectivity index (χ0v) is 13.2. The highest BCUT2D eigenvalue weighted by molar-refractivity contribution is 6.15. The standard InChI is InChI=1S/C17H17N3O4/c1-19-14(21)12-11-8-24-7-6-20(11)17(13(12)15(19)22)9-4-2-3-5-10(9)18-16(17)23/h2-5,11-13H,6-8H2,1H3,(H,18,23)/t11-,12-,13+,17+/m0/s1. The molecule has 24 heavy (non-hydrogen) atoms. The van der Waals surface area contributed by atoms with E-state index in [-0.39, 0.29) is 23.8 Å². The number of nitrogens with zero attached hydrogens (tertiary/aromatic N) is 2. The molecule has 0 bridgehead atoms. The molecule has 1 spiro atoms. The maximum absolute atomic E-state index is 13.1. The molecule has 4 aliphatic rings. The fourth-order valence-electron chi connectivity index (χ4n) is 5.06. The number of hydrogen-bond acceptors (Lipinski definition) is 5. The smallest absolute Gasteiger partial charge is 0.250 e. The monoisotopic (exact) mass is 327 g/mol. The highest BCUT2D eigenvalue weighted by Crippen LogP contribution is 2.58. The first-order chi connectivity index (χ1) is 11.6. The van der Waals surface area contributed by atoms with Crippen molar-refractivity contribution in [1.29, 1.82) is 0 Å². The average Bonchev–Trinajstić information content (AvgIpc) is 3.15. The van der Waals surface area contributed by atoms with E-state index in [2.05, 4.69) is 5.32 Å². The van der Waals surface area contributed by atoms with Gasteiger partial charge in [-0.1, -0.05) is 18.2 Å². The number of anilines is 1. The molecule has 0 radical (unpaired) electrons. The summed E-state index contributed by atoms with van der Waals surface area (Å²) in [5.41, 5.74) is 0.418. The third-order valence-electron chi connectivity index (χ3n) is 5.99. The van der Waals surface area contributed by atoms with Crippen LogP contribution in [0.4, 0.5) is 5.69 Å². The molecule has 3 amide bonds. The third-order valence-corrected chi connectivity index (χ3v) is 5.99. The maximum Gasteiger partial charge on any atom is 0.250 e. The van der Waals surface area contributed by atoms with Crippen LogP contribution in [0.2, 0.25) is 0 Å². The Labute approximate surface area is 138 Å². The van der Waals surface area contributed by atoms with Crippen molar-refractivity contribution in [1.82, 2.24) is 9.80 Å². The highest BCUT2D eigenvalue weighted by Gasteiger charge is 2.73. The summed E-state index contributed by atoms with van der Waals surface area (Å²) >= 11 is 0. The highest BCUT2D eigenvalue weighted by atomic mass is 16.5. The number of carbonyl (C=O) groups is 3. The molecule has 0 unspecified atom stereocenters. The van der Waals surface area contributed by atoms with Crippen molar-refractivity contribution in [3.8, 4) is 0 Å². The Morgan fingerprint density at radius 1 is 1.21 bits per heavy atom. The minimum absolute atomic E-state index is 0.209. The minimum atomic E-state index is -1.10. The molecule has 4 heterocycles. The van der Waals surface area contributed by atoms with Crippen molar-refractivity contribution < 1.29 is 19.1 Å². The molecule has 4 atom stereocenters. The van der Waals surface area contributed by atoms with Gasteiger partial charge < -0.3 is 10.1 Å². The van der Waals surface area contributed by atoms with Crippen LogP contribution in [0.1, 0.15) is 5.56 Å². The van der Waals surface area contributed by atoms with E-state index in [9.17, 15) is 14.4 Å². The summed E-state index contributed by atoms with van der Waals surface area (Å²) in [6.07, 6.45) is 0. The van der Waals surface area contributed by atoms with Gasteiger partial charge in [-0.2, -0.15) is 0 Å². The van der Waals surface area contributed by atoms with Crippen LogP contribution in [-0.2, 0) is 24.7 Å². The van der Waals surface area contributed by atoms with Crippen molar-refractivity contribution in [3.05, 3.63) is 29.8 Å². The van der Waals surface area contributed by atoms with Crippen molar-refractivity contribution in [2.45, 2.75) is 11.6 Å². The van der Waals surface area contributed by atoms with E-state index in [4.69, 9.17) is 4.74 Å². The van der Waals surface area contributed by atoms with Gasteiger partial charge in [0.05, 0.1) is 25.0 Å².